The summed E-state index contributed by atoms with van der Waals surface area (Å²) in [7, 11) is 0. The number of nitriles is 1. The van der Waals surface area contributed by atoms with Crippen LogP contribution in [0.3, 0.4) is 0 Å². The van der Waals surface area contributed by atoms with Gasteiger partial charge in [-0.25, -0.2) is 0 Å². The van der Waals surface area contributed by atoms with Crippen LogP contribution in [0.2, 0.25) is 0 Å². The average Bonchev–Trinajstić information content (AvgIpc) is 2.69. The SMILES string of the molecule is CC(C#N)NC(=O)[C@]1(C)CO1. The molecule has 0 saturated carbocycles. The molecular weight excluding hydrogens is 144 g/mol. The van der Waals surface area contributed by atoms with Crippen molar-refractivity contribution in [2.75, 3.05) is 6.61 Å². The number of carbonyl (C=O) groups excluding carboxylic acids is 1. The normalized spacial score (nSPS) is 30.3. The number of hydrogen-bond donors (Lipinski definition) is 1. The minimum absolute atomic E-state index is 0.202. The molecule has 1 aliphatic heterocycles. The molecule has 1 saturated heterocycles. The largest absolute Gasteiger partial charge is 0.359 e. The standard InChI is InChI=1S/C7H10N2O2/c1-5(3-8)9-6(10)7(2)4-11-7/h5H,4H2,1-2H3,(H,9,10)/t5?,7-/m0/s1. The Morgan fingerprint density at radius 2 is 2.45 bits per heavy atom. The molecule has 4 heteroatoms. The maximum atomic E-state index is 11.1. The highest BCUT2D eigenvalue weighted by Gasteiger charge is 2.47. The number of nitrogens with one attached hydrogen (secondary N) is 1. The summed E-state index contributed by atoms with van der Waals surface area (Å²) >= 11 is 0. The van der Waals surface area contributed by atoms with Gasteiger partial charge in [0.05, 0.1) is 12.7 Å². The van der Waals surface area contributed by atoms with Gasteiger partial charge in [-0.3, -0.25) is 4.79 Å². The van der Waals surface area contributed by atoms with Crippen molar-refractivity contribution in [2.24, 2.45) is 0 Å². The fourth-order valence-electron chi connectivity index (χ4n) is 0.621. The zero-order chi connectivity index (χ0) is 8.48. The lowest BCUT2D eigenvalue weighted by Crippen LogP contribution is -2.40. The van der Waals surface area contributed by atoms with Crippen molar-refractivity contribution in [1.82, 2.24) is 5.32 Å². The molecule has 0 aromatic heterocycles. The van der Waals surface area contributed by atoms with E-state index in [1.807, 2.05) is 6.07 Å². The second-order valence-corrected chi connectivity index (χ2v) is 2.84. The smallest absolute Gasteiger partial charge is 0.255 e. The van der Waals surface area contributed by atoms with Crippen LogP contribution in [0.25, 0.3) is 0 Å². The number of nitrogens with zero attached hydrogens (tertiary/aromatic N) is 1. The highest BCUT2D eigenvalue weighted by Crippen LogP contribution is 2.25. The highest BCUT2D eigenvalue weighted by molar-refractivity contribution is 5.87. The number of carbonyl (C=O) groups is 1. The summed E-state index contributed by atoms with van der Waals surface area (Å²) in [4.78, 5) is 11.1. The molecule has 60 valence electrons. The lowest BCUT2D eigenvalue weighted by Gasteiger charge is -2.07. The van der Waals surface area contributed by atoms with Crippen LogP contribution in [0, 0.1) is 11.3 Å². The molecular formula is C7H10N2O2. The minimum atomic E-state index is -0.662. The van der Waals surface area contributed by atoms with Crippen LogP contribution in [0.1, 0.15) is 13.8 Å². The van der Waals surface area contributed by atoms with Gasteiger partial charge in [0.25, 0.3) is 5.91 Å². The van der Waals surface area contributed by atoms with Crippen molar-refractivity contribution in [1.29, 1.82) is 5.26 Å². The van der Waals surface area contributed by atoms with E-state index in [0.29, 0.717) is 6.61 Å². The summed E-state index contributed by atoms with van der Waals surface area (Å²) in [5.41, 5.74) is -0.662. The number of hydrogen-bond acceptors (Lipinski definition) is 3. The Kier molecular flexibility index (Phi) is 1.83. The molecule has 1 N–H and O–H groups in total. The fraction of sp³-hybridized carbons (Fsp3) is 0.714. The Hall–Kier alpha value is -1.08. The van der Waals surface area contributed by atoms with Crippen molar-refractivity contribution in [2.45, 2.75) is 25.5 Å². The zero-order valence-corrected chi connectivity index (χ0v) is 6.55. The predicted molar refractivity (Wildman–Crippen MR) is 37.6 cm³/mol. The van der Waals surface area contributed by atoms with Gasteiger partial charge < -0.3 is 10.1 Å². The maximum absolute atomic E-state index is 11.1. The van der Waals surface area contributed by atoms with Gasteiger partial charge in [-0.15, -0.1) is 0 Å². The average molecular weight is 154 g/mol. The first-order valence-corrected chi connectivity index (χ1v) is 3.43. The molecule has 2 atom stereocenters. The molecule has 11 heavy (non-hydrogen) atoms. The molecule has 1 amide bonds. The summed E-state index contributed by atoms with van der Waals surface area (Å²) in [6.45, 7) is 3.78. The van der Waals surface area contributed by atoms with Crippen LogP contribution in [0.5, 0.6) is 0 Å². The van der Waals surface area contributed by atoms with Gasteiger partial charge in [-0.2, -0.15) is 5.26 Å². The van der Waals surface area contributed by atoms with E-state index in [9.17, 15) is 4.79 Å². The van der Waals surface area contributed by atoms with Gasteiger partial charge in [0.2, 0.25) is 0 Å². The second kappa shape index (κ2) is 2.51. The van der Waals surface area contributed by atoms with Crippen molar-refractivity contribution >= 4 is 5.91 Å². The first kappa shape index (κ1) is 8.02. The van der Waals surface area contributed by atoms with Crippen LogP contribution in [0.15, 0.2) is 0 Å². The Labute approximate surface area is 65.1 Å². The van der Waals surface area contributed by atoms with E-state index in [0.717, 1.165) is 0 Å². The summed E-state index contributed by atoms with van der Waals surface area (Å²) < 4.78 is 4.88. The van der Waals surface area contributed by atoms with Crippen molar-refractivity contribution in [3.63, 3.8) is 0 Å². The van der Waals surface area contributed by atoms with E-state index in [2.05, 4.69) is 5.32 Å². The van der Waals surface area contributed by atoms with E-state index >= 15 is 0 Å². The van der Waals surface area contributed by atoms with E-state index in [-0.39, 0.29) is 5.91 Å². The molecule has 1 unspecified atom stereocenters. The molecule has 0 aromatic rings. The van der Waals surface area contributed by atoms with Gasteiger partial charge in [0, 0.05) is 0 Å². The number of rotatable bonds is 2. The molecule has 0 aliphatic carbocycles. The van der Waals surface area contributed by atoms with Gasteiger partial charge in [-0.05, 0) is 13.8 Å². The molecule has 0 aromatic carbocycles. The summed E-state index contributed by atoms with van der Waals surface area (Å²) in [6.07, 6.45) is 0. The van der Waals surface area contributed by atoms with E-state index < -0.39 is 11.6 Å². The number of epoxide rings is 1. The Bertz CT molecular complexity index is 215. The van der Waals surface area contributed by atoms with E-state index in [4.69, 9.17) is 10.00 Å². The molecule has 1 fully saturated rings. The summed E-state index contributed by atoms with van der Waals surface area (Å²) in [5, 5.41) is 10.9. The maximum Gasteiger partial charge on any atom is 0.255 e. The van der Waals surface area contributed by atoms with Crippen molar-refractivity contribution in [3.05, 3.63) is 0 Å². The van der Waals surface area contributed by atoms with Crippen LogP contribution < -0.4 is 5.32 Å². The van der Waals surface area contributed by atoms with Crippen LogP contribution >= 0.6 is 0 Å². The van der Waals surface area contributed by atoms with Gasteiger partial charge in [-0.1, -0.05) is 0 Å². The van der Waals surface area contributed by atoms with E-state index in [1.54, 1.807) is 13.8 Å². The Balaban J connectivity index is 2.39. The Morgan fingerprint density at radius 1 is 1.91 bits per heavy atom. The molecule has 0 spiro atoms. The van der Waals surface area contributed by atoms with Crippen LogP contribution in [-0.4, -0.2) is 24.2 Å². The summed E-state index contributed by atoms with van der Waals surface area (Å²) in [5.74, 6) is -0.202. The monoisotopic (exact) mass is 154 g/mol. The topological polar surface area (TPSA) is 65.4 Å². The molecule has 0 radical (unpaired) electrons. The first-order chi connectivity index (χ1) is 5.08. The third-order valence-corrected chi connectivity index (χ3v) is 1.60. The van der Waals surface area contributed by atoms with Gasteiger partial charge >= 0.3 is 0 Å². The zero-order valence-electron chi connectivity index (χ0n) is 6.55. The van der Waals surface area contributed by atoms with Crippen LogP contribution in [0.4, 0.5) is 0 Å². The minimum Gasteiger partial charge on any atom is -0.359 e. The van der Waals surface area contributed by atoms with Crippen molar-refractivity contribution in [3.8, 4) is 6.07 Å². The number of ether oxygens (including phenoxy) is 1. The lowest BCUT2D eigenvalue weighted by atomic mass is 10.2. The lowest BCUT2D eigenvalue weighted by molar-refractivity contribution is -0.125. The molecule has 1 heterocycles. The predicted octanol–water partition coefficient (Wildman–Crippen LogP) is -0.196. The molecule has 4 nitrogen and oxygen atoms in total. The number of amides is 1. The van der Waals surface area contributed by atoms with Crippen molar-refractivity contribution < 1.29 is 9.53 Å². The fourth-order valence-corrected chi connectivity index (χ4v) is 0.621. The third-order valence-electron chi connectivity index (χ3n) is 1.60. The molecule has 1 aliphatic rings. The quantitative estimate of drug-likeness (QED) is 0.560. The summed E-state index contributed by atoms with van der Waals surface area (Å²) in [6, 6.07) is 1.47. The van der Waals surface area contributed by atoms with Gasteiger partial charge in [0.1, 0.15) is 6.04 Å². The molecule has 0 bridgehead atoms. The third kappa shape index (κ3) is 1.69. The Morgan fingerprint density at radius 3 is 2.82 bits per heavy atom. The first-order valence-electron chi connectivity index (χ1n) is 3.43. The second-order valence-electron chi connectivity index (χ2n) is 2.84. The molecule has 1 rings (SSSR count). The highest BCUT2D eigenvalue weighted by atomic mass is 16.6. The van der Waals surface area contributed by atoms with E-state index in [1.165, 1.54) is 0 Å². The van der Waals surface area contributed by atoms with Crippen LogP contribution in [-0.2, 0) is 9.53 Å². The van der Waals surface area contributed by atoms with Gasteiger partial charge in [0.15, 0.2) is 5.60 Å².